The first-order valence-corrected chi connectivity index (χ1v) is 6.55. The van der Waals surface area contributed by atoms with Gasteiger partial charge in [0.05, 0.1) is 25.8 Å². The third-order valence-electron chi connectivity index (χ3n) is 3.25. The number of nitrogens with one attached hydrogen (secondary N) is 1. The zero-order valence-corrected chi connectivity index (χ0v) is 11.2. The molecular formula is C13H21N3O3. The van der Waals surface area contributed by atoms with E-state index in [1.807, 2.05) is 19.1 Å². The average molecular weight is 267 g/mol. The van der Waals surface area contributed by atoms with E-state index in [1.165, 1.54) is 0 Å². The highest BCUT2D eigenvalue weighted by atomic mass is 16.5. The molecule has 1 aliphatic rings. The number of amides is 1. The van der Waals surface area contributed by atoms with E-state index in [2.05, 4.69) is 10.2 Å². The molecule has 0 saturated carbocycles. The minimum atomic E-state index is -0.151. The first kappa shape index (κ1) is 14.0. The number of carbonyl (C=O) groups excluding carboxylic acids is 1. The summed E-state index contributed by atoms with van der Waals surface area (Å²) in [6, 6.07) is 3.94. The molecule has 1 amide bonds. The Hall–Kier alpha value is -1.37. The molecule has 1 unspecified atom stereocenters. The second kappa shape index (κ2) is 6.70. The van der Waals surface area contributed by atoms with Crippen molar-refractivity contribution in [2.24, 2.45) is 5.73 Å². The number of nitrogens with zero attached hydrogens (tertiary/aromatic N) is 1. The third kappa shape index (κ3) is 3.79. The molecule has 1 aromatic heterocycles. The van der Waals surface area contributed by atoms with Gasteiger partial charge in [-0.3, -0.25) is 9.69 Å². The van der Waals surface area contributed by atoms with Crippen LogP contribution in [0.1, 0.15) is 17.6 Å². The fraction of sp³-hybridized carbons (Fsp3) is 0.615. The van der Waals surface area contributed by atoms with Crippen molar-refractivity contribution < 1.29 is 13.9 Å². The van der Waals surface area contributed by atoms with E-state index in [9.17, 15) is 4.79 Å². The van der Waals surface area contributed by atoms with Gasteiger partial charge >= 0.3 is 0 Å². The van der Waals surface area contributed by atoms with Crippen molar-refractivity contribution >= 4 is 5.91 Å². The highest BCUT2D eigenvalue weighted by Crippen LogP contribution is 2.23. The summed E-state index contributed by atoms with van der Waals surface area (Å²) >= 11 is 0. The fourth-order valence-electron chi connectivity index (χ4n) is 2.21. The molecule has 1 aromatic rings. The van der Waals surface area contributed by atoms with Crippen LogP contribution < -0.4 is 11.1 Å². The molecule has 106 valence electrons. The minimum absolute atomic E-state index is 0.00696. The largest absolute Gasteiger partial charge is 0.465 e. The zero-order valence-electron chi connectivity index (χ0n) is 11.2. The van der Waals surface area contributed by atoms with Gasteiger partial charge in [-0.1, -0.05) is 0 Å². The van der Waals surface area contributed by atoms with E-state index >= 15 is 0 Å². The van der Waals surface area contributed by atoms with Crippen molar-refractivity contribution in [3.63, 3.8) is 0 Å². The van der Waals surface area contributed by atoms with Crippen LogP contribution in [0.15, 0.2) is 16.5 Å². The molecule has 0 aliphatic carbocycles. The minimum Gasteiger partial charge on any atom is -0.465 e. The number of carbonyl (C=O) groups is 1. The quantitative estimate of drug-likeness (QED) is 0.787. The van der Waals surface area contributed by atoms with E-state index in [-0.39, 0.29) is 18.5 Å². The van der Waals surface area contributed by atoms with E-state index in [1.54, 1.807) is 0 Å². The number of rotatable bonds is 5. The lowest BCUT2D eigenvalue weighted by Gasteiger charge is -2.33. The van der Waals surface area contributed by atoms with Crippen molar-refractivity contribution in [3.8, 4) is 0 Å². The molecule has 1 saturated heterocycles. The number of hydrogen-bond donors (Lipinski definition) is 2. The van der Waals surface area contributed by atoms with Gasteiger partial charge in [0.1, 0.15) is 11.5 Å². The number of furan rings is 1. The first-order chi connectivity index (χ1) is 9.20. The normalized spacial score (nSPS) is 18.2. The van der Waals surface area contributed by atoms with Gasteiger partial charge in [-0.15, -0.1) is 0 Å². The van der Waals surface area contributed by atoms with Crippen molar-refractivity contribution in [2.45, 2.75) is 13.0 Å². The van der Waals surface area contributed by atoms with Crippen LogP contribution in [0.4, 0.5) is 0 Å². The van der Waals surface area contributed by atoms with Gasteiger partial charge in [-0.25, -0.2) is 0 Å². The molecule has 0 radical (unpaired) electrons. The lowest BCUT2D eigenvalue weighted by Crippen LogP contribution is -2.44. The Labute approximate surface area is 112 Å². The summed E-state index contributed by atoms with van der Waals surface area (Å²) in [5.74, 6) is 1.59. The number of ether oxygens (including phenoxy) is 1. The molecule has 1 fully saturated rings. The molecular weight excluding hydrogens is 246 g/mol. The van der Waals surface area contributed by atoms with E-state index in [0.29, 0.717) is 19.8 Å². The van der Waals surface area contributed by atoms with Crippen molar-refractivity contribution in [3.05, 3.63) is 23.7 Å². The van der Waals surface area contributed by atoms with E-state index in [4.69, 9.17) is 14.9 Å². The molecule has 0 aromatic carbocycles. The Bertz CT molecular complexity index is 413. The molecule has 3 N–H and O–H groups in total. The summed E-state index contributed by atoms with van der Waals surface area (Å²) in [5, 5.41) is 2.83. The first-order valence-electron chi connectivity index (χ1n) is 6.55. The monoisotopic (exact) mass is 267 g/mol. The van der Waals surface area contributed by atoms with Crippen LogP contribution in [0.2, 0.25) is 0 Å². The average Bonchev–Trinajstić information content (AvgIpc) is 2.86. The molecule has 19 heavy (non-hydrogen) atoms. The molecule has 6 heteroatoms. The van der Waals surface area contributed by atoms with Crippen molar-refractivity contribution in [1.82, 2.24) is 10.2 Å². The Morgan fingerprint density at radius 1 is 1.47 bits per heavy atom. The van der Waals surface area contributed by atoms with Crippen LogP contribution in [0, 0.1) is 6.92 Å². The molecule has 0 bridgehead atoms. The van der Waals surface area contributed by atoms with Gasteiger partial charge in [0.15, 0.2) is 0 Å². The van der Waals surface area contributed by atoms with Crippen molar-refractivity contribution in [2.75, 3.05) is 39.4 Å². The summed E-state index contributed by atoms with van der Waals surface area (Å²) in [5.41, 5.74) is 5.31. The maximum atomic E-state index is 11.3. The molecule has 1 atom stereocenters. The Balaban J connectivity index is 2.05. The molecule has 6 nitrogen and oxygen atoms in total. The Kier molecular flexibility index (Phi) is 4.95. The second-order valence-corrected chi connectivity index (χ2v) is 4.62. The van der Waals surface area contributed by atoms with Gasteiger partial charge in [0.2, 0.25) is 5.91 Å². The Morgan fingerprint density at radius 3 is 2.79 bits per heavy atom. The third-order valence-corrected chi connectivity index (χ3v) is 3.25. The fourth-order valence-corrected chi connectivity index (χ4v) is 2.21. The van der Waals surface area contributed by atoms with Crippen LogP contribution in [-0.4, -0.2) is 50.2 Å². The predicted octanol–water partition coefficient (Wildman–Crippen LogP) is 0.0362. The number of hydrogen-bond acceptors (Lipinski definition) is 5. The highest BCUT2D eigenvalue weighted by molar-refractivity contribution is 5.77. The smallest absolute Gasteiger partial charge is 0.233 e. The lowest BCUT2D eigenvalue weighted by atomic mass is 10.1. The number of morpholine rings is 1. The Morgan fingerprint density at radius 2 is 2.21 bits per heavy atom. The maximum absolute atomic E-state index is 11.3. The SMILES string of the molecule is Cc1ccc(C(CNC(=O)CN)N2CCOCC2)o1. The number of aryl methyl sites for hydroxylation is 1. The van der Waals surface area contributed by atoms with E-state index in [0.717, 1.165) is 24.6 Å². The second-order valence-electron chi connectivity index (χ2n) is 4.62. The van der Waals surface area contributed by atoms with Crippen LogP contribution in [0.5, 0.6) is 0 Å². The molecule has 0 spiro atoms. The van der Waals surface area contributed by atoms with E-state index < -0.39 is 0 Å². The standard InChI is InChI=1S/C13H21N3O3/c1-10-2-3-12(19-10)11(9-15-13(17)8-14)16-4-6-18-7-5-16/h2-3,11H,4-9,14H2,1H3,(H,15,17). The topological polar surface area (TPSA) is 80.7 Å². The molecule has 1 aliphatic heterocycles. The van der Waals surface area contributed by atoms with Crippen LogP contribution in [-0.2, 0) is 9.53 Å². The van der Waals surface area contributed by atoms with Gasteiger partial charge in [0.25, 0.3) is 0 Å². The lowest BCUT2D eigenvalue weighted by molar-refractivity contribution is -0.120. The van der Waals surface area contributed by atoms with Crippen LogP contribution in [0.25, 0.3) is 0 Å². The molecule has 2 rings (SSSR count). The summed E-state index contributed by atoms with van der Waals surface area (Å²) in [7, 11) is 0. The summed E-state index contributed by atoms with van der Waals surface area (Å²) in [6.07, 6.45) is 0. The van der Waals surface area contributed by atoms with Gasteiger partial charge in [0, 0.05) is 19.6 Å². The zero-order chi connectivity index (χ0) is 13.7. The van der Waals surface area contributed by atoms with Gasteiger partial charge in [-0.05, 0) is 19.1 Å². The maximum Gasteiger partial charge on any atom is 0.233 e. The van der Waals surface area contributed by atoms with Crippen molar-refractivity contribution in [1.29, 1.82) is 0 Å². The van der Waals surface area contributed by atoms with Gasteiger partial charge < -0.3 is 20.2 Å². The predicted molar refractivity (Wildman–Crippen MR) is 70.6 cm³/mol. The summed E-state index contributed by atoms with van der Waals surface area (Å²) in [6.45, 7) is 5.52. The number of nitrogens with two attached hydrogens (primary N) is 1. The summed E-state index contributed by atoms with van der Waals surface area (Å²) in [4.78, 5) is 13.6. The highest BCUT2D eigenvalue weighted by Gasteiger charge is 2.25. The van der Waals surface area contributed by atoms with Crippen LogP contribution in [0.3, 0.4) is 0 Å². The molecule has 2 heterocycles. The summed E-state index contributed by atoms with van der Waals surface area (Å²) < 4.78 is 11.1. The van der Waals surface area contributed by atoms with Crippen LogP contribution >= 0.6 is 0 Å². The van der Waals surface area contributed by atoms with Gasteiger partial charge in [-0.2, -0.15) is 0 Å².